The normalized spacial score (nSPS) is 10.5. The van der Waals surface area contributed by atoms with Gasteiger partial charge in [0, 0.05) is 6.54 Å². The minimum Gasteiger partial charge on any atom is -0.457 e. The van der Waals surface area contributed by atoms with Crippen LogP contribution in [0, 0.1) is 20.8 Å². The Hall–Kier alpha value is -1.80. The lowest BCUT2D eigenvalue weighted by molar-refractivity contribution is 0.473. The zero-order chi connectivity index (χ0) is 13.8. The van der Waals surface area contributed by atoms with Crippen molar-refractivity contribution in [2.45, 2.75) is 27.3 Å². The van der Waals surface area contributed by atoms with Crippen LogP contribution in [-0.4, -0.2) is 7.05 Å². The molecule has 2 aromatic rings. The van der Waals surface area contributed by atoms with Crippen LogP contribution in [0.1, 0.15) is 22.3 Å². The van der Waals surface area contributed by atoms with Gasteiger partial charge in [-0.1, -0.05) is 24.3 Å². The molecule has 1 N–H and O–H groups in total. The van der Waals surface area contributed by atoms with Gasteiger partial charge in [0.05, 0.1) is 0 Å². The van der Waals surface area contributed by atoms with Crippen molar-refractivity contribution in [2.75, 3.05) is 7.05 Å². The fraction of sp³-hybridized carbons (Fsp3) is 0.294. The van der Waals surface area contributed by atoms with Gasteiger partial charge in [0.15, 0.2) is 0 Å². The van der Waals surface area contributed by atoms with Gasteiger partial charge in [-0.25, -0.2) is 0 Å². The molecule has 0 unspecified atom stereocenters. The fourth-order valence-corrected chi connectivity index (χ4v) is 2.12. The molecule has 100 valence electrons. The Bertz CT molecular complexity index is 575. The average Bonchev–Trinajstić information content (AvgIpc) is 2.40. The van der Waals surface area contributed by atoms with Crippen molar-refractivity contribution >= 4 is 0 Å². The van der Waals surface area contributed by atoms with Crippen molar-refractivity contribution in [2.24, 2.45) is 0 Å². The molecule has 0 bridgehead atoms. The summed E-state index contributed by atoms with van der Waals surface area (Å²) in [5.41, 5.74) is 4.86. The number of nitrogens with one attached hydrogen (secondary N) is 1. The predicted molar refractivity (Wildman–Crippen MR) is 79.9 cm³/mol. The summed E-state index contributed by atoms with van der Waals surface area (Å²) < 4.78 is 6.08. The summed E-state index contributed by atoms with van der Waals surface area (Å²) in [7, 11) is 1.95. The van der Waals surface area contributed by atoms with Gasteiger partial charge in [-0.3, -0.25) is 0 Å². The summed E-state index contributed by atoms with van der Waals surface area (Å²) in [6, 6.07) is 12.4. The van der Waals surface area contributed by atoms with Crippen LogP contribution in [0.3, 0.4) is 0 Å². The van der Waals surface area contributed by atoms with Crippen molar-refractivity contribution in [3.8, 4) is 11.5 Å². The third kappa shape index (κ3) is 3.15. The molecule has 0 fully saturated rings. The molecular formula is C17H21NO. The van der Waals surface area contributed by atoms with Gasteiger partial charge in [-0.15, -0.1) is 0 Å². The first-order valence-corrected chi connectivity index (χ1v) is 6.60. The van der Waals surface area contributed by atoms with E-state index in [1.807, 2.05) is 19.2 Å². The summed E-state index contributed by atoms with van der Waals surface area (Å²) in [6.07, 6.45) is 0. The smallest absolute Gasteiger partial charge is 0.133 e. The van der Waals surface area contributed by atoms with Crippen LogP contribution in [0.15, 0.2) is 36.4 Å². The van der Waals surface area contributed by atoms with Crippen LogP contribution in [-0.2, 0) is 6.54 Å². The topological polar surface area (TPSA) is 21.3 Å². The van der Waals surface area contributed by atoms with E-state index in [4.69, 9.17) is 4.74 Å². The van der Waals surface area contributed by atoms with Gasteiger partial charge in [0.1, 0.15) is 11.5 Å². The van der Waals surface area contributed by atoms with Crippen molar-refractivity contribution in [3.63, 3.8) is 0 Å². The molecule has 0 spiro atoms. The Balaban J connectivity index is 2.31. The van der Waals surface area contributed by atoms with Gasteiger partial charge >= 0.3 is 0 Å². The zero-order valence-electron chi connectivity index (χ0n) is 12.1. The van der Waals surface area contributed by atoms with Crippen molar-refractivity contribution < 1.29 is 4.74 Å². The summed E-state index contributed by atoms with van der Waals surface area (Å²) >= 11 is 0. The standard InChI is InChI=1S/C17H21NO/c1-12-8-9-13(2)17(14(12)3)19-16-7-5-6-15(10-16)11-18-4/h5-10,18H,11H2,1-4H3. The molecule has 0 aromatic heterocycles. The molecule has 0 heterocycles. The Morgan fingerprint density at radius 3 is 2.47 bits per heavy atom. The number of hydrogen-bond acceptors (Lipinski definition) is 2. The minimum absolute atomic E-state index is 0.850. The molecule has 0 aliphatic rings. The lowest BCUT2D eigenvalue weighted by atomic mass is 10.1. The molecule has 0 aliphatic heterocycles. The molecule has 0 aliphatic carbocycles. The molecule has 2 rings (SSSR count). The van der Waals surface area contributed by atoms with E-state index < -0.39 is 0 Å². The monoisotopic (exact) mass is 255 g/mol. The first-order chi connectivity index (χ1) is 9.11. The molecule has 0 saturated heterocycles. The number of hydrogen-bond donors (Lipinski definition) is 1. The second-order valence-corrected chi connectivity index (χ2v) is 4.93. The summed E-state index contributed by atoms with van der Waals surface area (Å²) in [6.45, 7) is 7.15. The Kier molecular flexibility index (Phi) is 4.23. The van der Waals surface area contributed by atoms with E-state index in [-0.39, 0.29) is 0 Å². The quantitative estimate of drug-likeness (QED) is 0.887. The van der Waals surface area contributed by atoms with Gasteiger partial charge < -0.3 is 10.1 Å². The maximum absolute atomic E-state index is 6.08. The highest BCUT2D eigenvalue weighted by Crippen LogP contribution is 2.30. The zero-order valence-corrected chi connectivity index (χ0v) is 12.1. The van der Waals surface area contributed by atoms with E-state index in [0.717, 1.165) is 18.0 Å². The fourth-order valence-electron chi connectivity index (χ4n) is 2.12. The first-order valence-electron chi connectivity index (χ1n) is 6.60. The highest BCUT2D eigenvalue weighted by Gasteiger charge is 2.07. The Labute approximate surface area is 115 Å². The third-order valence-corrected chi connectivity index (χ3v) is 3.37. The molecule has 2 aromatic carbocycles. The predicted octanol–water partition coefficient (Wildman–Crippen LogP) is 4.12. The second kappa shape index (κ2) is 5.89. The van der Waals surface area contributed by atoms with Crippen LogP contribution in [0.4, 0.5) is 0 Å². The van der Waals surface area contributed by atoms with Crippen LogP contribution < -0.4 is 10.1 Å². The van der Waals surface area contributed by atoms with Crippen molar-refractivity contribution in [1.29, 1.82) is 0 Å². The van der Waals surface area contributed by atoms with Gasteiger partial charge in [-0.2, -0.15) is 0 Å². The van der Waals surface area contributed by atoms with Gasteiger partial charge in [0.2, 0.25) is 0 Å². The Morgan fingerprint density at radius 2 is 1.74 bits per heavy atom. The van der Waals surface area contributed by atoms with E-state index in [1.165, 1.54) is 22.3 Å². The van der Waals surface area contributed by atoms with E-state index >= 15 is 0 Å². The molecule has 19 heavy (non-hydrogen) atoms. The van der Waals surface area contributed by atoms with Crippen LogP contribution in [0.5, 0.6) is 11.5 Å². The molecule has 0 amide bonds. The molecular weight excluding hydrogens is 234 g/mol. The number of ether oxygens (including phenoxy) is 1. The van der Waals surface area contributed by atoms with Crippen LogP contribution >= 0.6 is 0 Å². The Morgan fingerprint density at radius 1 is 1.00 bits per heavy atom. The lowest BCUT2D eigenvalue weighted by Gasteiger charge is -2.14. The maximum Gasteiger partial charge on any atom is 0.133 e. The maximum atomic E-state index is 6.08. The van der Waals surface area contributed by atoms with Gasteiger partial charge in [0.25, 0.3) is 0 Å². The second-order valence-electron chi connectivity index (χ2n) is 4.93. The van der Waals surface area contributed by atoms with E-state index in [2.05, 4.69) is 50.4 Å². The van der Waals surface area contributed by atoms with Crippen molar-refractivity contribution in [3.05, 3.63) is 58.7 Å². The summed E-state index contributed by atoms with van der Waals surface area (Å²) in [5, 5.41) is 3.15. The minimum atomic E-state index is 0.850. The van der Waals surface area contributed by atoms with E-state index in [9.17, 15) is 0 Å². The lowest BCUT2D eigenvalue weighted by Crippen LogP contribution is -2.04. The summed E-state index contributed by atoms with van der Waals surface area (Å²) in [5.74, 6) is 1.87. The van der Waals surface area contributed by atoms with Crippen molar-refractivity contribution in [1.82, 2.24) is 5.32 Å². The SMILES string of the molecule is CNCc1cccc(Oc2c(C)ccc(C)c2C)c1. The average molecular weight is 255 g/mol. The van der Waals surface area contributed by atoms with E-state index in [0.29, 0.717) is 0 Å². The van der Waals surface area contributed by atoms with Crippen LogP contribution in [0.25, 0.3) is 0 Å². The molecule has 2 heteroatoms. The molecule has 2 nitrogen and oxygen atoms in total. The molecule has 0 saturated carbocycles. The summed E-state index contributed by atoms with van der Waals surface area (Å²) in [4.78, 5) is 0. The first kappa shape index (κ1) is 13.6. The number of rotatable bonds is 4. The highest BCUT2D eigenvalue weighted by molar-refractivity contribution is 5.47. The van der Waals surface area contributed by atoms with Gasteiger partial charge in [-0.05, 0) is 62.2 Å². The van der Waals surface area contributed by atoms with E-state index in [1.54, 1.807) is 0 Å². The molecule has 0 radical (unpaired) electrons. The number of benzene rings is 2. The largest absolute Gasteiger partial charge is 0.457 e. The number of aryl methyl sites for hydroxylation is 2. The third-order valence-electron chi connectivity index (χ3n) is 3.37. The molecule has 0 atom stereocenters. The van der Waals surface area contributed by atoms with Crippen LogP contribution in [0.2, 0.25) is 0 Å². The highest BCUT2D eigenvalue weighted by atomic mass is 16.5.